The zero-order valence-corrected chi connectivity index (χ0v) is 61.4. The lowest BCUT2D eigenvalue weighted by Crippen LogP contribution is -2.68. The molecule has 7 aliphatic rings. The molecular formula is C70H108ClF8N11O11. The molecule has 0 aromatic heterocycles. The van der Waals surface area contributed by atoms with E-state index in [0.29, 0.717) is 30.6 Å². The fourth-order valence-electron chi connectivity index (χ4n) is 16.2. The molecule has 3 N–H and O–H groups in total. The second kappa shape index (κ2) is 33.8. The van der Waals surface area contributed by atoms with Crippen LogP contribution in [0, 0.1) is 41.4 Å². The van der Waals surface area contributed by atoms with Crippen molar-refractivity contribution in [3.63, 3.8) is 0 Å². The zero-order valence-electron chi connectivity index (χ0n) is 60.7. The summed E-state index contributed by atoms with van der Waals surface area (Å²) in [5.41, 5.74) is -1.75. The summed E-state index contributed by atoms with van der Waals surface area (Å²) in [5.74, 6) is -18.1. The highest BCUT2D eigenvalue weighted by Crippen LogP contribution is 2.46. The van der Waals surface area contributed by atoms with Gasteiger partial charge in [-0.15, -0.1) is 11.6 Å². The monoisotopic (exact) mass is 1470 g/mol. The zero-order chi connectivity index (χ0) is 75.3. The Kier molecular flexibility index (Phi) is 27.5. The van der Waals surface area contributed by atoms with E-state index in [-0.39, 0.29) is 121 Å². The number of carbonyl (C=O) groups is 11. The molecule has 572 valence electrons. The first-order valence-electron chi connectivity index (χ1n) is 36.4. The van der Waals surface area contributed by atoms with Gasteiger partial charge in [-0.2, -0.15) is 26.3 Å². The summed E-state index contributed by atoms with van der Waals surface area (Å²) < 4.78 is 116. The van der Waals surface area contributed by atoms with Crippen molar-refractivity contribution in [2.75, 3.05) is 61.4 Å². The molecule has 101 heavy (non-hydrogen) atoms. The first kappa shape index (κ1) is 82.2. The van der Waals surface area contributed by atoms with Gasteiger partial charge in [0.15, 0.2) is 0 Å². The average molecular weight is 1470 g/mol. The number of amides is 11. The molecule has 7 fully saturated rings. The number of nitrogens with one attached hydrogen (secondary N) is 3. The second-order valence-electron chi connectivity index (χ2n) is 30.7. The van der Waals surface area contributed by atoms with Gasteiger partial charge in [0.25, 0.3) is 5.92 Å². The molecule has 7 rings (SSSR count). The number of rotatable bonds is 11. The van der Waals surface area contributed by atoms with Crippen LogP contribution in [0.5, 0.6) is 0 Å². The van der Waals surface area contributed by atoms with Gasteiger partial charge in [-0.3, -0.25) is 52.7 Å². The number of likely N-dealkylation sites (N-methyl/N-ethyl adjacent to an activating group) is 6. The van der Waals surface area contributed by atoms with Crippen molar-refractivity contribution in [2.24, 2.45) is 41.4 Å². The minimum atomic E-state index is -4.61. The van der Waals surface area contributed by atoms with E-state index in [1.165, 1.54) is 66.7 Å². The summed E-state index contributed by atoms with van der Waals surface area (Å²) in [5, 5.41) is 6.79. The highest BCUT2D eigenvalue weighted by Gasteiger charge is 2.57. The van der Waals surface area contributed by atoms with E-state index in [1.54, 1.807) is 27.7 Å². The van der Waals surface area contributed by atoms with Crippen LogP contribution in [-0.2, 0) is 52.7 Å². The summed E-state index contributed by atoms with van der Waals surface area (Å²) in [6, 6.07) is -12.0. The molecule has 4 saturated carbocycles. The van der Waals surface area contributed by atoms with E-state index in [1.807, 2.05) is 13.8 Å². The normalized spacial score (nSPS) is 32.7. The van der Waals surface area contributed by atoms with E-state index in [4.69, 9.17) is 11.6 Å². The lowest BCUT2D eigenvalue weighted by molar-refractivity contribution is -0.184. The number of nitrogens with zero attached hydrogens (tertiary/aromatic N) is 8. The van der Waals surface area contributed by atoms with Crippen molar-refractivity contribution in [3.05, 3.63) is 0 Å². The van der Waals surface area contributed by atoms with Gasteiger partial charge >= 0.3 is 12.4 Å². The van der Waals surface area contributed by atoms with E-state index in [0.717, 1.165) is 22.6 Å². The standard InChI is InChI=1S/C70H108ClF8N11O11/c1-13-40(5)56-64(99)85(10)42(7)60(95)89-31-28-50(89)63(98)88(14-2)52(35-44-20-24-46(25-21-44)69(74,75)76)62(97)83(8)37-54(91)80-49(27-23-43-22-26-47(48(71)34-43)70(77,78)79)61(96)90-38-68(72,73)36-53(90)59(94)82-67(29-17-30-67)66(101)87(12)57(45-18-15-16-19-45)65(100)84(9)41(6)33-55(92)86(11)51(32-39(3)4)58(93)81-56/h39-53,56-57H,13-38H2,1-12H3,(H,80,91)(H,81,93)(H,82,94)/t40-,41+,42-,43?,44?,46?,47?,48?,49-,50-,51-,52-,53-,56-,57-/m0/s1. The number of fused-ring (bicyclic) bond motifs is 2. The largest absolute Gasteiger partial charge is 0.393 e. The maximum atomic E-state index is 16.1. The summed E-state index contributed by atoms with van der Waals surface area (Å²) in [4.78, 5) is 173. The second-order valence-corrected chi connectivity index (χ2v) is 31.3. The van der Waals surface area contributed by atoms with Crippen LogP contribution in [-0.4, -0.2) is 249 Å². The first-order chi connectivity index (χ1) is 47.1. The Hall–Kier alpha value is -6.10. The van der Waals surface area contributed by atoms with Crippen LogP contribution in [0.4, 0.5) is 35.1 Å². The van der Waals surface area contributed by atoms with Crippen LogP contribution in [0.3, 0.4) is 0 Å². The third kappa shape index (κ3) is 19.3. The van der Waals surface area contributed by atoms with Crippen molar-refractivity contribution in [1.82, 2.24) is 55.1 Å². The Bertz CT molecular complexity index is 3000. The number of halogens is 9. The Balaban J connectivity index is 1.27. The fraction of sp³-hybridized carbons (Fsp3) is 0.843. The summed E-state index contributed by atoms with van der Waals surface area (Å²) in [6.45, 7) is 9.52. The third-order valence-corrected chi connectivity index (χ3v) is 23.8. The molecule has 3 aliphatic heterocycles. The lowest BCUT2D eigenvalue weighted by Gasteiger charge is -2.46. The van der Waals surface area contributed by atoms with Crippen molar-refractivity contribution in [3.8, 4) is 0 Å². The summed E-state index contributed by atoms with van der Waals surface area (Å²) in [6.07, 6.45) is -8.81. The summed E-state index contributed by atoms with van der Waals surface area (Å²) in [7, 11) is 6.93. The molecule has 31 heteroatoms. The minimum Gasteiger partial charge on any atom is -0.343 e. The van der Waals surface area contributed by atoms with Gasteiger partial charge in [0.1, 0.15) is 53.9 Å². The molecule has 11 amide bonds. The van der Waals surface area contributed by atoms with Gasteiger partial charge < -0.3 is 55.1 Å². The van der Waals surface area contributed by atoms with E-state index < -0.39 is 198 Å². The van der Waals surface area contributed by atoms with Gasteiger partial charge in [-0.05, 0) is 160 Å². The van der Waals surface area contributed by atoms with E-state index in [9.17, 15) is 55.1 Å². The Morgan fingerprint density at radius 2 is 1.25 bits per heavy atom. The van der Waals surface area contributed by atoms with Crippen LogP contribution in [0.15, 0.2) is 0 Å². The van der Waals surface area contributed by atoms with E-state index in [2.05, 4.69) is 16.0 Å². The quantitative estimate of drug-likeness (QED) is 0.134. The molecular weight excluding hydrogens is 1360 g/mol. The minimum absolute atomic E-state index is 0.00905. The number of alkyl halides is 9. The molecule has 0 radical (unpaired) electrons. The van der Waals surface area contributed by atoms with Crippen LogP contribution < -0.4 is 16.0 Å². The predicted molar refractivity (Wildman–Crippen MR) is 358 cm³/mol. The lowest BCUT2D eigenvalue weighted by atomic mass is 9.74. The van der Waals surface area contributed by atoms with Gasteiger partial charge in [0, 0.05) is 72.6 Å². The van der Waals surface area contributed by atoms with Crippen molar-refractivity contribution >= 4 is 76.6 Å². The number of carbonyl (C=O) groups excluding carboxylic acids is 11. The smallest absolute Gasteiger partial charge is 0.343 e. The average Bonchev–Trinajstić information content (AvgIpc) is 1.72. The molecule has 3 saturated heterocycles. The molecule has 0 aromatic carbocycles. The third-order valence-electron chi connectivity index (χ3n) is 23.4. The maximum absolute atomic E-state index is 16.1. The van der Waals surface area contributed by atoms with Crippen LogP contribution >= 0.6 is 11.6 Å². The van der Waals surface area contributed by atoms with Crippen molar-refractivity contribution < 1.29 is 87.9 Å². The van der Waals surface area contributed by atoms with E-state index >= 15 is 32.8 Å². The predicted octanol–water partition coefficient (Wildman–Crippen LogP) is 7.67. The topological polar surface area (TPSA) is 250 Å². The van der Waals surface area contributed by atoms with Gasteiger partial charge in [0.2, 0.25) is 65.0 Å². The molecule has 1 spiro atoms. The number of hydrogen-bond acceptors (Lipinski definition) is 11. The van der Waals surface area contributed by atoms with Crippen molar-refractivity contribution in [1.29, 1.82) is 0 Å². The Labute approximate surface area is 593 Å². The molecule has 3 unspecified atom stereocenters. The maximum Gasteiger partial charge on any atom is 0.393 e. The molecule has 13 atom stereocenters. The Morgan fingerprint density at radius 1 is 0.624 bits per heavy atom. The fourth-order valence-corrected chi connectivity index (χ4v) is 16.7. The van der Waals surface area contributed by atoms with Crippen LogP contribution in [0.2, 0.25) is 0 Å². The highest BCUT2D eigenvalue weighted by molar-refractivity contribution is 6.20. The van der Waals surface area contributed by atoms with Crippen molar-refractivity contribution in [2.45, 2.75) is 273 Å². The molecule has 0 aromatic rings. The van der Waals surface area contributed by atoms with Crippen LogP contribution in [0.1, 0.15) is 190 Å². The van der Waals surface area contributed by atoms with Gasteiger partial charge in [0.05, 0.1) is 24.9 Å². The Morgan fingerprint density at radius 3 is 1.78 bits per heavy atom. The van der Waals surface area contributed by atoms with Gasteiger partial charge in [-0.25, -0.2) is 8.78 Å². The molecule has 22 nitrogen and oxygen atoms in total. The molecule has 0 bridgehead atoms. The first-order valence-corrected chi connectivity index (χ1v) is 36.8. The molecule has 4 aliphatic carbocycles. The number of hydrogen-bond donors (Lipinski definition) is 3. The highest BCUT2D eigenvalue weighted by atomic mass is 35.5. The van der Waals surface area contributed by atoms with Gasteiger partial charge in [-0.1, -0.05) is 47.0 Å². The summed E-state index contributed by atoms with van der Waals surface area (Å²) >= 11 is 6.33. The van der Waals surface area contributed by atoms with Crippen LogP contribution in [0.25, 0.3) is 0 Å². The SMILES string of the molecule is CC[C@H](C)[C@@H]1NC(=O)[C@H](CC(C)C)N(C)C(=O)C[C@@H](C)N(C)C(=O)[C@H](C2CCCC2)N(C)C(=O)C2(CCC2)NC(=O)[C@@H]2CC(F)(F)CN2C(=O)[C@H](CCC2CCC(C(F)(F)F)C(Cl)C2)NC(=O)CN(C)C(=O)[C@H](CC2CCC(C(F)(F)F)CC2)N(CC)C(=O)[C@@H]2CCN2C(=O)[C@H](C)N(C)C1=O. The molecule has 3 heterocycles.